The number of aliphatic carboxylic acids is 1. The summed E-state index contributed by atoms with van der Waals surface area (Å²) in [6, 6.07) is 14.4. The molecule has 1 aliphatic heterocycles. The van der Waals surface area contributed by atoms with Crippen molar-refractivity contribution in [3.63, 3.8) is 0 Å². The number of hydrogen-bond donors (Lipinski definition) is 3. The Balaban J connectivity index is 1.64. The molecule has 1 saturated heterocycles. The number of urea groups is 1. The molecular formula is C26H31N7O5. The predicted molar refractivity (Wildman–Crippen MR) is 143 cm³/mol. The number of ether oxygens (including phenoxy) is 2. The van der Waals surface area contributed by atoms with E-state index in [0.717, 1.165) is 11.1 Å². The van der Waals surface area contributed by atoms with Gasteiger partial charge in [-0.3, -0.25) is 10.1 Å². The van der Waals surface area contributed by atoms with Crippen LogP contribution in [0.15, 0.2) is 48.5 Å². The Hall–Kier alpha value is -4.45. The SMILES string of the molecule is COc1ccccc1NC(=O)Nc1nc(N2CCOCC2)nc(N(CCC(=O)O)Cc2cccc(C)c2)n1. The van der Waals surface area contributed by atoms with Gasteiger partial charge in [0.25, 0.3) is 0 Å². The molecule has 0 aliphatic carbocycles. The average Bonchev–Trinajstić information content (AvgIpc) is 2.91. The summed E-state index contributed by atoms with van der Waals surface area (Å²) in [7, 11) is 1.52. The first-order chi connectivity index (χ1) is 18.4. The van der Waals surface area contributed by atoms with Crippen molar-refractivity contribution in [2.24, 2.45) is 0 Å². The van der Waals surface area contributed by atoms with E-state index in [2.05, 4.69) is 25.6 Å². The maximum atomic E-state index is 12.9. The van der Waals surface area contributed by atoms with Crippen molar-refractivity contribution in [2.45, 2.75) is 19.9 Å². The topological polar surface area (TPSA) is 142 Å². The lowest BCUT2D eigenvalue weighted by Crippen LogP contribution is -2.38. The van der Waals surface area contributed by atoms with E-state index in [1.165, 1.54) is 7.11 Å². The van der Waals surface area contributed by atoms with Crippen molar-refractivity contribution in [3.05, 3.63) is 59.7 Å². The summed E-state index contributed by atoms with van der Waals surface area (Å²) in [6.07, 6.45) is -0.110. The van der Waals surface area contributed by atoms with Gasteiger partial charge in [0.1, 0.15) is 5.75 Å². The van der Waals surface area contributed by atoms with E-state index in [1.54, 1.807) is 29.2 Å². The van der Waals surface area contributed by atoms with Crippen LogP contribution in [0.4, 0.5) is 28.3 Å². The number of para-hydroxylation sites is 2. The molecule has 3 aromatic rings. The van der Waals surface area contributed by atoms with Crippen molar-refractivity contribution < 1.29 is 24.2 Å². The fourth-order valence-electron chi connectivity index (χ4n) is 3.97. The third-order valence-corrected chi connectivity index (χ3v) is 5.82. The summed E-state index contributed by atoms with van der Waals surface area (Å²) >= 11 is 0. The maximum absolute atomic E-state index is 12.9. The van der Waals surface area contributed by atoms with Crippen molar-refractivity contribution >= 4 is 35.5 Å². The molecule has 0 unspecified atom stereocenters. The van der Waals surface area contributed by atoms with Gasteiger partial charge in [-0.15, -0.1) is 0 Å². The van der Waals surface area contributed by atoms with Gasteiger partial charge in [-0.1, -0.05) is 42.0 Å². The minimum Gasteiger partial charge on any atom is -0.495 e. The van der Waals surface area contributed by atoms with Gasteiger partial charge in [-0.2, -0.15) is 15.0 Å². The number of aryl methyl sites for hydroxylation is 1. The van der Waals surface area contributed by atoms with E-state index in [4.69, 9.17) is 9.47 Å². The molecule has 0 spiro atoms. The lowest BCUT2D eigenvalue weighted by atomic mass is 10.1. The Morgan fingerprint density at radius 2 is 1.87 bits per heavy atom. The Kier molecular flexibility index (Phi) is 8.88. The summed E-state index contributed by atoms with van der Waals surface area (Å²) in [5.74, 6) is 0.239. The second-order valence-corrected chi connectivity index (χ2v) is 8.69. The molecule has 3 N–H and O–H groups in total. The van der Waals surface area contributed by atoms with Gasteiger partial charge in [-0.05, 0) is 24.6 Å². The molecule has 0 bridgehead atoms. The predicted octanol–water partition coefficient (Wildman–Crippen LogP) is 3.15. The first-order valence-electron chi connectivity index (χ1n) is 12.2. The summed E-state index contributed by atoms with van der Waals surface area (Å²) in [6.45, 7) is 4.73. The van der Waals surface area contributed by atoms with Gasteiger partial charge in [0.05, 0.1) is 32.4 Å². The Morgan fingerprint density at radius 1 is 1.08 bits per heavy atom. The summed E-state index contributed by atoms with van der Waals surface area (Å²) < 4.78 is 10.8. The molecule has 1 aromatic heterocycles. The number of carbonyl (C=O) groups is 2. The molecule has 2 aromatic carbocycles. The largest absolute Gasteiger partial charge is 0.495 e. The number of anilines is 4. The van der Waals surface area contributed by atoms with E-state index in [9.17, 15) is 14.7 Å². The number of nitrogens with one attached hydrogen (secondary N) is 2. The number of morpholine rings is 1. The molecule has 0 radical (unpaired) electrons. The number of rotatable bonds is 10. The van der Waals surface area contributed by atoms with Crippen LogP contribution in [0.2, 0.25) is 0 Å². The van der Waals surface area contributed by atoms with Crippen LogP contribution >= 0.6 is 0 Å². The third kappa shape index (κ3) is 7.29. The minimum atomic E-state index is -0.934. The van der Waals surface area contributed by atoms with E-state index in [-0.39, 0.29) is 24.9 Å². The summed E-state index contributed by atoms with van der Waals surface area (Å²) in [5.41, 5.74) is 2.55. The Labute approximate surface area is 220 Å². The van der Waals surface area contributed by atoms with Crippen LogP contribution in [-0.4, -0.2) is 72.0 Å². The number of carbonyl (C=O) groups excluding carboxylic acids is 1. The molecule has 4 rings (SSSR count). The molecule has 1 fully saturated rings. The third-order valence-electron chi connectivity index (χ3n) is 5.82. The Morgan fingerprint density at radius 3 is 2.61 bits per heavy atom. The maximum Gasteiger partial charge on any atom is 0.326 e. The van der Waals surface area contributed by atoms with Crippen molar-refractivity contribution in [3.8, 4) is 5.75 Å². The molecule has 12 nitrogen and oxygen atoms in total. The van der Waals surface area contributed by atoms with Crippen LogP contribution in [0.25, 0.3) is 0 Å². The summed E-state index contributed by atoms with van der Waals surface area (Å²) in [5, 5.41) is 14.8. The number of amides is 2. The molecule has 0 saturated carbocycles. The van der Waals surface area contributed by atoms with E-state index in [0.29, 0.717) is 50.2 Å². The van der Waals surface area contributed by atoms with Gasteiger partial charge in [0, 0.05) is 26.2 Å². The number of carboxylic acid groups (broad SMARTS) is 1. The van der Waals surface area contributed by atoms with E-state index >= 15 is 0 Å². The standard InChI is InChI=1S/C26H31N7O5/c1-18-6-5-7-19(16-18)17-33(11-10-22(34)35)25-29-23(28-24(31-25)32-12-14-38-15-13-32)30-26(36)27-20-8-3-4-9-21(20)37-2/h3-9,16H,10-15,17H2,1-2H3,(H,34,35)(H2,27,28,29,30,31,36). The van der Waals surface area contributed by atoms with Gasteiger partial charge >= 0.3 is 12.0 Å². The molecule has 1 aliphatic rings. The monoisotopic (exact) mass is 521 g/mol. The zero-order valence-electron chi connectivity index (χ0n) is 21.4. The van der Waals surface area contributed by atoms with Crippen molar-refractivity contribution in [1.29, 1.82) is 0 Å². The molecule has 200 valence electrons. The van der Waals surface area contributed by atoms with Crippen LogP contribution < -0.4 is 25.2 Å². The van der Waals surface area contributed by atoms with E-state index in [1.807, 2.05) is 36.1 Å². The number of carboxylic acids is 1. The highest BCUT2D eigenvalue weighted by Gasteiger charge is 2.21. The fourth-order valence-corrected chi connectivity index (χ4v) is 3.97. The first kappa shape index (κ1) is 26.6. The molecule has 12 heteroatoms. The van der Waals surface area contributed by atoms with Gasteiger partial charge < -0.3 is 29.7 Å². The minimum absolute atomic E-state index is 0.0356. The zero-order chi connectivity index (χ0) is 26.9. The van der Waals surface area contributed by atoms with Gasteiger partial charge in [-0.25, -0.2) is 4.79 Å². The molecule has 2 heterocycles. The second kappa shape index (κ2) is 12.7. The van der Waals surface area contributed by atoms with Crippen LogP contribution in [-0.2, 0) is 16.1 Å². The van der Waals surface area contributed by atoms with Gasteiger partial charge in [0.2, 0.25) is 17.8 Å². The van der Waals surface area contributed by atoms with Crippen molar-refractivity contribution in [1.82, 2.24) is 15.0 Å². The normalized spacial score (nSPS) is 13.1. The molecular weight excluding hydrogens is 490 g/mol. The van der Waals surface area contributed by atoms with Crippen LogP contribution in [0.5, 0.6) is 5.75 Å². The smallest absolute Gasteiger partial charge is 0.326 e. The summed E-state index contributed by atoms with van der Waals surface area (Å²) in [4.78, 5) is 41.6. The van der Waals surface area contributed by atoms with Crippen molar-refractivity contribution in [2.75, 3.05) is 60.4 Å². The lowest BCUT2D eigenvalue weighted by Gasteiger charge is -2.28. The highest BCUT2D eigenvalue weighted by Crippen LogP contribution is 2.24. The number of aromatic nitrogens is 3. The molecule has 0 atom stereocenters. The zero-order valence-corrected chi connectivity index (χ0v) is 21.4. The Bertz CT molecular complexity index is 1270. The van der Waals surface area contributed by atoms with Crippen LogP contribution in [0.3, 0.4) is 0 Å². The average molecular weight is 522 g/mol. The lowest BCUT2D eigenvalue weighted by molar-refractivity contribution is -0.136. The second-order valence-electron chi connectivity index (χ2n) is 8.69. The molecule has 2 amide bonds. The first-order valence-corrected chi connectivity index (χ1v) is 12.2. The molecule has 38 heavy (non-hydrogen) atoms. The quantitative estimate of drug-likeness (QED) is 0.364. The van der Waals surface area contributed by atoms with Gasteiger partial charge in [0.15, 0.2) is 0 Å². The number of methoxy groups -OCH3 is 1. The van der Waals surface area contributed by atoms with Crippen LogP contribution in [0, 0.1) is 6.92 Å². The van der Waals surface area contributed by atoms with E-state index < -0.39 is 12.0 Å². The number of nitrogens with zero attached hydrogens (tertiary/aromatic N) is 5. The number of benzene rings is 2. The number of hydrogen-bond acceptors (Lipinski definition) is 9. The highest BCUT2D eigenvalue weighted by molar-refractivity contribution is 5.99. The fraction of sp³-hybridized carbons (Fsp3) is 0.346. The van der Waals surface area contributed by atoms with Crippen LogP contribution in [0.1, 0.15) is 17.5 Å². The highest BCUT2D eigenvalue weighted by atomic mass is 16.5.